The van der Waals surface area contributed by atoms with Crippen molar-refractivity contribution in [2.24, 2.45) is 0 Å². The van der Waals surface area contributed by atoms with Crippen LogP contribution < -0.4 is 0 Å². The second kappa shape index (κ2) is 4.92. The quantitative estimate of drug-likeness (QED) is 0.771. The minimum Gasteiger partial charge on any atom is -0.380 e. The average molecular weight is 253 g/mol. The van der Waals surface area contributed by atoms with E-state index in [0.29, 0.717) is 11.1 Å². The van der Waals surface area contributed by atoms with E-state index >= 15 is 0 Å². The van der Waals surface area contributed by atoms with Crippen molar-refractivity contribution in [3.63, 3.8) is 0 Å². The topological polar surface area (TPSA) is 43.4 Å². The predicted molar refractivity (Wildman–Crippen MR) is 55.6 cm³/mol. The molecule has 0 aliphatic rings. The molecule has 0 aliphatic carbocycles. The van der Waals surface area contributed by atoms with E-state index in [9.17, 15) is 12.8 Å². The highest BCUT2D eigenvalue weighted by Gasteiger charge is 2.09. The van der Waals surface area contributed by atoms with Crippen LogP contribution in [0.4, 0.5) is 4.39 Å². The fraction of sp³-hybridized carbons (Fsp3) is 0.333. The summed E-state index contributed by atoms with van der Waals surface area (Å²) in [4.78, 5) is 0. The van der Waals surface area contributed by atoms with Crippen molar-refractivity contribution in [2.45, 2.75) is 12.4 Å². The van der Waals surface area contributed by atoms with Crippen molar-refractivity contribution in [1.82, 2.24) is 0 Å². The summed E-state index contributed by atoms with van der Waals surface area (Å²) in [5.41, 5.74) is 0.704. The zero-order valence-electron chi connectivity index (χ0n) is 8.04. The zero-order chi connectivity index (χ0) is 11.5. The molecule has 0 saturated heterocycles. The minimum atomic E-state index is -3.64. The molecule has 0 fully saturated rings. The van der Waals surface area contributed by atoms with Gasteiger partial charge in [-0.2, -0.15) is 0 Å². The third-order valence-corrected chi connectivity index (χ3v) is 2.76. The molecule has 3 nitrogen and oxygen atoms in total. The fourth-order valence-electron chi connectivity index (χ4n) is 1.15. The molecule has 1 rings (SSSR count). The van der Waals surface area contributed by atoms with Gasteiger partial charge in [-0.1, -0.05) is 12.1 Å². The van der Waals surface area contributed by atoms with Crippen LogP contribution in [-0.2, 0) is 26.1 Å². The minimum absolute atomic E-state index is 0.153. The second-order valence-electron chi connectivity index (χ2n) is 3.04. The van der Waals surface area contributed by atoms with Gasteiger partial charge in [-0.3, -0.25) is 0 Å². The Balaban J connectivity index is 2.91. The molecule has 0 atom stereocenters. The lowest BCUT2D eigenvalue weighted by Crippen LogP contribution is -1.98. The highest BCUT2D eigenvalue weighted by atomic mass is 35.7. The normalized spacial score (nSPS) is 11.7. The molecule has 1 aromatic carbocycles. The molecule has 0 unspecified atom stereocenters. The highest BCUT2D eigenvalue weighted by molar-refractivity contribution is 8.13. The molecular formula is C9H10ClFO3S. The van der Waals surface area contributed by atoms with Gasteiger partial charge in [0.25, 0.3) is 0 Å². The van der Waals surface area contributed by atoms with E-state index in [1.807, 2.05) is 0 Å². The molecule has 84 valence electrons. The molecule has 0 aliphatic heterocycles. The Kier molecular flexibility index (Phi) is 4.07. The molecule has 0 amide bonds. The zero-order valence-corrected chi connectivity index (χ0v) is 9.61. The summed E-state index contributed by atoms with van der Waals surface area (Å²) in [7, 11) is 2.86. The molecule has 0 aromatic heterocycles. The van der Waals surface area contributed by atoms with Gasteiger partial charge in [0.05, 0.1) is 12.4 Å². The van der Waals surface area contributed by atoms with Gasteiger partial charge >= 0.3 is 0 Å². The average Bonchev–Trinajstić information content (AvgIpc) is 2.07. The van der Waals surface area contributed by atoms with E-state index in [4.69, 9.17) is 15.4 Å². The number of ether oxygens (including phenoxy) is 1. The first-order chi connectivity index (χ1) is 6.92. The first kappa shape index (κ1) is 12.4. The van der Waals surface area contributed by atoms with Crippen LogP contribution >= 0.6 is 10.7 Å². The summed E-state index contributed by atoms with van der Waals surface area (Å²) in [5.74, 6) is -0.867. The monoisotopic (exact) mass is 252 g/mol. The van der Waals surface area contributed by atoms with Crippen molar-refractivity contribution >= 4 is 19.7 Å². The van der Waals surface area contributed by atoms with E-state index in [0.717, 1.165) is 6.07 Å². The smallest absolute Gasteiger partial charge is 0.236 e. The Morgan fingerprint density at radius 2 is 2.13 bits per heavy atom. The molecule has 15 heavy (non-hydrogen) atoms. The van der Waals surface area contributed by atoms with Crippen LogP contribution in [0.1, 0.15) is 11.1 Å². The van der Waals surface area contributed by atoms with Gasteiger partial charge in [0.15, 0.2) is 0 Å². The number of hydrogen-bond acceptors (Lipinski definition) is 3. The van der Waals surface area contributed by atoms with Crippen LogP contribution in [0.3, 0.4) is 0 Å². The molecule has 0 spiro atoms. The van der Waals surface area contributed by atoms with Gasteiger partial charge in [-0.15, -0.1) is 0 Å². The van der Waals surface area contributed by atoms with E-state index in [-0.39, 0.29) is 12.4 Å². The number of hydrogen-bond donors (Lipinski definition) is 0. The highest BCUT2D eigenvalue weighted by Crippen LogP contribution is 2.15. The van der Waals surface area contributed by atoms with Crippen molar-refractivity contribution in [3.8, 4) is 0 Å². The van der Waals surface area contributed by atoms with Crippen LogP contribution in [0.5, 0.6) is 0 Å². The van der Waals surface area contributed by atoms with Gasteiger partial charge < -0.3 is 4.74 Å². The first-order valence-corrected chi connectivity index (χ1v) is 6.59. The van der Waals surface area contributed by atoms with Gasteiger partial charge in [0.1, 0.15) is 5.82 Å². The van der Waals surface area contributed by atoms with Crippen LogP contribution in [-0.4, -0.2) is 15.5 Å². The van der Waals surface area contributed by atoms with Gasteiger partial charge in [-0.25, -0.2) is 12.8 Å². The van der Waals surface area contributed by atoms with E-state index in [1.54, 1.807) is 0 Å². The standard InChI is InChI=1S/C9H10ClFO3S/c1-14-5-8-3-2-7(4-9(8)11)6-15(10,12)13/h2-4H,5-6H2,1H3. The van der Waals surface area contributed by atoms with Gasteiger partial charge in [0.2, 0.25) is 9.05 Å². The molecule has 0 saturated carbocycles. The van der Waals surface area contributed by atoms with E-state index in [2.05, 4.69) is 0 Å². The molecule has 1 aromatic rings. The SMILES string of the molecule is COCc1ccc(CS(=O)(=O)Cl)cc1F. The largest absolute Gasteiger partial charge is 0.380 e. The predicted octanol–water partition coefficient (Wildman–Crippen LogP) is 2.04. The summed E-state index contributed by atoms with van der Waals surface area (Å²) in [6.07, 6.45) is 0. The number of methoxy groups -OCH3 is 1. The Hall–Kier alpha value is -0.650. The van der Waals surface area contributed by atoms with Crippen LogP contribution in [0.15, 0.2) is 18.2 Å². The Morgan fingerprint density at radius 1 is 1.47 bits per heavy atom. The van der Waals surface area contributed by atoms with Crippen molar-refractivity contribution in [2.75, 3.05) is 7.11 Å². The van der Waals surface area contributed by atoms with Crippen molar-refractivity contribution in [3.05, 3.63) is 35.1 Å². The first-order valence-electron chi connectivity index (χ1n) is 4.11. The molecule has 0 N–H and O–H groups in total. The van der Waals surface area contributed by atoms with Gasteiger partial charge in [0, 0.05) is 23.4 Å². The molecular weight excluding hydrogens is 243 g/mol. The Bertz CT molecular complexity index is 445. The molecule has 6 heteroatoms. The molecule has 0 bridgehead atoms. The number of rotatable bonds is 4. The maximum absolute atomic E-state index is 13.3. The summed E-state index contributed by atoms with van der Waals surface area (Å²) in [5, 5.41) is 0. The van der Waals surface area contributed by atoms with Crippen molar-refractivity contribution in [1.29, 1.82) is 0 Å². The van der Waals surface area contributed by atoms with Crippen LogP contribution in [0, 0.1) is 5.82 Å². The summed E-state index contributed by atoms with van der Waals surface area (Å²) >= 11 is 0. The number of benzene rings is 1. The van der Waals surface area contributed by atoms with Gasteiger partial charge in [-0.05, 0) is 11.6 Å². The lowest BCUT2D eigenvalue weighted by atomic mass is 10.1. The van der Waals surface area contributed by atoms with E-state index in [1.165, 1.54) is 19.2 Å². The third kappa shape index (κ3) is 4.15. The third-order valence-electron chi connectivity index (χ3n) is 1.76. The Labute approximate surface area is 92.2 Å². The number of halogens is 2. The van der Waals surface area contributed by atoms with Crippen LogP contribution in [0.2, 0.25) is 0 Å². The maximum Gasteiger partial charge on any atom is 0.236 e. The Morgan fingerprint density at radius 3 is 2.60 bits per heavy atom. The van der Waals surface area contributed by atoms with Crippen LogP contribution in [0.25, 0.3) is 0 Å². The van der Waals surface area contributed by atoms with Crippen molar-refractivity contribution < 1.29 is 17.5 Å². The summed E-state index contributed by atoms with van der Waals surface area (Å²) in [6, 6.07) is 4.14. The lowest BCUT2D eigenvalue weighted by Gasteiger charge is -2.03. The molecule has 0 radical (unpaired) electrons. The summed E-state index contributed by atoms with van der Waals surface area (Å²) in [6.45, 7) is 0.153. The maximum atomic E-state index is 13.3. The molecule has 0 heterocycles. The fourth-order valence-corrected chi connectivity index (χ4v) is 2.11. The lowest BCUT2D eigenvalue weighted by molar-refractivity contribution is 0.181. The van der Waals surface area contributed by atoms with E-state index < -0.39 is 14.9 Å². The second-order valence-corrected chi connectivity index (χ2v) is 5.82. The summed E-state index contributed by atoms with van der Waals surface area (Å²) < 4.78 is 39.5.